The van der Waals surface area contributed by atoms with Gasteiger partial charge in [0.05, 0.1) is 0 Å². The number of hydrogen-bond donors (Lipinski definition) is 0. The minimum absolute atomic E-state index is 0.801. The molecule has 0 bridgehead atoms. The Hall–Kier alpha value is 0.0900. The Kier molecular flexibility index (Phi) is 0.692. The predicted octanol–water partition coefficient (Wildman–Crippen LogP) is 1.64. The molecule has 0 aromatic carbocycles. The molecule has 0 aromatic rings. The van der Waals surface area contributed by atoms with Crippen molar-refractivity contribution in [2.45, 2.75) is 12.2 Å². The van der Waals surface area contributed by atoms with E-state index < -0.39 is 0 Å². The van der Waals surface area contributed by atoms with Crippen LogP contribution in [0.3, 0.4) is 0 Å². The van der Waals surface area contributed by atoms with Gasteiger partial charge in [-0.1, -0.05) is 6.08 Å². The molecule has 1 aliphatic rings. The van der Waals surface area contributed by atoms with Crippen LogP contribution in [-0.2, 0) is 0 Å². The average molecular weight is 86.2 g/mol. The first kappa shape index (κ1) is 3.29. The van der Waals surface area contributed by atoms with Gasteiger partial charge in [-0.05, 0) is 12.3 Å². The van der Waals surface area contributed by atoms with Gasteiger partial charge in [-0.15, -0.1) is 11.8 Å². The Labute approximate surface area is 36.3 Å². The van der Waals surface area contributed by atoms with Crippen molar-refractivity contribution in [3.8, 4) is 0 Å². The first-order valence-corrected chi connectivity index (χ1v) is 2.66. The number of thioether (sulfide) groups is 1. The maximum Gasteiger partial charge on any atom is 0.0247 e. The largest absolute Gasteiger partial charge is 0.127 e. The molecule has 28 valence electrons. The highest BCUT2D eigenvalue weighted by atomic mass is 32.2. The van der Waals surface area contributed by atoms with E-state index >= 15 is 0 Å². The van der Waals surface area contributed by atoms with Crippen molar-refractivity contribution in [1.82, 2.24) is 0 Å². The van der Waals surface area contributed by atoms with Crippen LogP contribution < -0.4 is 0 Å². The molecule has 0 nitrogen and oxygen atoms in total. The van der Waals surface area contributed by atoms with Crippen molar-refractivity contribution in [3.63, 3.8) is 0 Å². The summed E-state index contributed by atoms with van der Waals surface area (Å²) >= 11 is 1.88. The van der Waals surface area contributed by atoms with Crippen LogP contribution in [0.4, 0.5) is 0 Å². The van der Waals surface area contributed by atoms with Gasteiger partial charge in [0.1, 0.15) is 0 Å². The summed E-state index contributed by atoms with van der Waals surface area (Å²) in [6, 6.07) is 0. The fourth-order valence-electron chi connectivity index (χ4n) is 0.236. The third-order valence-electron chi connectivity index (χ3n) is 0.643. The van der Waals surface area contributed by atoms with Crippen molar-refractivity contribution in [1.29, 1.82) is 0 Å². The van der Waals surface area contributed by atoms with Gasteiger partial charge in [0.2, 0.25) is 0 Å². The molecule has 5 heavy (non-hydrogen) atoms. The van der Waals surface area contributed by atoms with Crippen LogP contribution in [0.15, 0.2) is 11.5 Å². The molecule has 0 amide bonds. The molecule has 0 saturated heterocycles. The fourth-order valence-corrected chi connectivity index (χ4v) is 0.707. The zero-order valence-corrected chi connectivity index (χ0v) is 3.96. The molecular formula is C4H6S. The Morgan fingerprint density at radius 1 is 1.80 bits per heavy atom. The molecular weight excluding hydrogens is 80.1 g/mol. The minimum atomic E-state index is 0.801. The summed E-state index contributed by atoms with van der Waals surface area (Å²) in [7, 11) is 0. The standard InChI is InChI=1S/C4H6S/c1-4-2-3-5-4/h2-4H,1H3. The lowest BCUT2D eigenvalue weighted by molar-refractivity contribution is 1.23. The second-order valence-electron chi connectivity index (χ2n) is 1.17. The molecule has 1 unspecified atom stereocenters. The van der Waals surface area contributed by atoms with Gasteiger partial charge >= 0.3 is 0 Å². The molecule has 0 spiro atoms. The Morgan fingerprint density at radius 3 is 2.20 bits per heavy atom. The van der Waals surface area contributed by atoms with Gasteiger partial charge in [0, 0.05) is 5.25 Å². The zero-order chi connectivity index (χ0) is 3.70. The summed E-state index contributed by atoms with van der Waals surface area (Å²) in [5.74, 6) is 0. The van der Waals surface area contributed by atoms with E-state index in [1.165, 1.54) is 0 Å². The van der Waals surface area contributed by atoms with Gasteiger partial charge in [-0.3, -0.25) is 0 Å². The Bertz CT molecular complexity index is 56.7. The summed E-state index contributed by atoms with van der Waals surface area (Å²) in [6.07, 6.45) is 2.19. The molecule has 1 atom stereocenters. The summed E-state index contributed by atoms with van der Waals surface area (Å²) in [5, 5.41) is 2.92. The molecule has 0 aromatic heterocycles. The molecule has 0 radical (unpaired) electrons. The van der Waals surface area contributed by atoms with E-state index in [4.69, 9.17) is 0 Å². The first-order valence-electron chi connectivity index (χ1n) is 1.72. The van der Waals surface area contributed by atoms with Crippen LogP contribution in [0.2, 0.25) is 0 Å². The summed E-state index contributed by atoms with van der Waals surface area (Å²) < 4.78 is 0. The van der Waals surface area contributed by atoms with Crippen molar-refractivity contribution < 1.29 is 0 Å². The van der Waals surface area contributed by atoms with Crippen molar-refractivity contribution in [2.24, 2.45) is 0 Å². The third-order valence-corrected chi connectivity index (χ3v) is 1.54. The SMILES string of the molecule is CC1C=CS1. The lowest BCUT2D eigenvalue weighted by atomic mass is 10.5. The topological polar surface area (TPSA) is 0 Å². The van der Waals surface area contributed by atoms with Crippen LogP contribution in [0, 0.1) is 0 Å². The highest BCUT2D eigenvalue weighted by molar-refractivity contribution is 8.04. The lowest BCUT2D eigenvalue weighted by Crippen LogP contribution is -1.92. The third kappa shape index (κ3) is 0.482. The lowest BCUT2D eigenvalue weighted by Gasteiger charge is -2.07. The Balaban J connectivity index is 2.39. The highest BCUT2D eigenvalue weighted by Crippen LogP contribution is 2.22. The van der Waals surface area contributed by atoms with Gasteiger partial charge in [-0.2, -0.15) is 0 Å². The maximum absolute atomic E-state index is 2.19. The molecule has 1 heteroatoms. The minimum Gasteiger partial charge on any atom is -0.127 e. The van der Waals surface area contributed by atoms with Crippen LogP contribution in [0.1, 0.15) is 6.92 Å². The Morgan fingerprint density at radius 2 is 2.20 bits per heavy atom. The van der Waals surface area contributed by atoms with Gasteiger partial charge < -0.3 is 0 Å². The zero-order valence-electron chi connectivity index (χ0n) is 3.14. The second kappa shape index (κ2) is 1.05. The smallest absolute Gasteiger partial charge is 0.0247 e. The average Bonchev–Trinajstić information content (AvgIpc) is 1.30. The molecule has 0 fully saturated rings. The van der Waals surface area contributed by atoms with Crippen LogP contribution in [0.25, 0.3) is 0 Å². The summed E-state index contributed by atoms with van der Waals surface area (Å²) in [6.45, 7) is 2.19. The molecule has 0 aliphatic carbocycles. The number of hydrogen-bond acceptors (Lipinski definition) is 1. The van der Waals surface area contributed by atoms with Crippen molar-refractivity contribution in [2.75, 3.05) is 0 Å². The van der Waals surface area contributed by atoms with Crippen LogP contribution in [0.5, 0.6) is 0 Å². The monoisotopic (exact) mass is 86.0 g/mol. The fraction of sp³-hybridized carbons (Fsp3) is 0.500. The van der Waals surface area contributed by atoms with E-state index in [1.54, 1.807) is 0 Å². The summed E-state index contributed by atoms with van der Waals surface area (Å²) in [4.78, 5) is 0. The van der Waals surface area contributed by atoms with E-state index in [2.05, 4.69) is 18.4 Å². The molecule has 0 saturated carbocycles. The number of rotatable bonds is 0. The van der Waals surface area contributed by atoms with Crippen LogP contribution >= 0.6 is 11.8 Å². The van der Waals surface area contributed by atoms with Gasteiger partial charge in [0.15, 0.2) is 0 Å². The second-order valence-corrected chi connectivity index (χ2v) is 2.46. The highest BCUT2D eigenvalue weighted by Gasteiger charge is 1.99. The normalized spacial score (nSPS) is 33.4. The van der Waals surface area contributed by atoms with E-state index in [-0.39, 0.29) is 0 Å². The van der Waals surface area contributed by atoms with Crippen molar-refractivity contribution in [3.05, 3.63) is 11.5 Å². The van der Waals surface area contributed by atoms with Gasteiger partial charge in [-0.25, -0.2) is 0 Å². The molecule has 1 heterocycles. The van der Waals surface area contributed by atoms with Crippen LogP contribution in [-0.4, -0.2) is 5.25 Å². The molecule has 0 N–H and O–H groups in total. The molecule has 1 rings (SSSR count). The van der Waals surface area contributed by atoms with E-state index in [9.17, 15) is 0 Å². The van der Waals surface area contributed by atoms with E-state index in [0.717, 1.165) is 5.25 Å². The quantitative estimate of drug-likeness (QED) is 0.432. The predicted molar refractivity (Wildman–Crippen MR) is 26.2 cm³/mol. The van der Waals surface area contributed by atoms with Crippen molar-refractivity contribution >= 4 is 11.8 Å². The van der Waals surface area contributed by atoms with Gasteiger partial charge in [0.25, 0.3) is 0 Å². The molecule has 1 aliphatic heterocycles. The van der Waals surface area contributed by atoms with E-state index in [1.807, 2.05) is 11.8 Å². The maximum atomic E-state index is 2.19. The first-order chi connectivity index (χ1) is 2.39. The summed E-state index contributed by atoms with van der Waals surface area (Å²) in [5.41, 5.74) is 0. The van der Waals surface area contributed by atoms with E-state index in [0.29, 0.717) is 0 Å².